The Kier molecular flexibility index (Phi) is 5.25. The van der Waals surface area contributed by atoms with Gasteiger partial charge in [0.25, 0.3) is 5.91 Å². The van der Waals surface area contributed by atoms with Crippen LogP contribution >= 0.6 is 0 Å². The van der Waals surface area contributed by atoms with Crippen molar-refractivity contribution in [2.24, 2.45) is 0 Å². The van der Waals surface area contributed by atoms with E-state index in [1.54, 1.807) is 23.1 Å². The number of carbonyl (C=O) groups is 1. The predicted molar refractivity (Wildman–Crippen MR) is 125 cm³/mol. The Balaban J connectivity index is 1.52. The summed E-state index contributed by atoms with van der Waals surface area (Å²) in [5.74, 6) is 1.04. The van der Waals surface area contributed by atoms with Crippen LogP contribution in [-0.2, 0) is 6.54 Å². The molecule has 0 radical (unpaired) electrons. The molecule has 7 nitrogen and oxygen atoms in total. The number of pyridine rings is 2. The SMILES string of the molecule is COc1cccc(F)c1-c1nccc2c1CN(c1cc(C)cc(NC3(C)CCNC3)n1)C2=O. The maximum Gasteiger partial charge on any atom is 0.260 e. The van der Waals surface area contributed by atoms with Crippen LogP contribution in [0.2, 0.25) is 0 Å². The Labute approximate surface area is 192 Å². The highest BCUT2D eigenvalue weighted by molar-refractivity contribution is 6.10. The summed E-state index contributed by atoms with van der Waals surface area (Å²) in [7, 11) is 1.49. The topological polar surface area (TPSA) is 79.4 Å². The first kappa shape index (κ1) is 21.3. The van der Waals surface area contributed by atoms with Crippen molar-refractivity contribution in [2.45, 2.75) is 32.4 Å². The molecule has 2 aliphatic rings. The first-order chi connectivity index (χ1) is 15.9. The number of amides is 1. The van der Waals surface area contributed by atoms with Gasteiger partial charge < -0.3 is 15.4 Å². The van der Waals surface area contributed by atoms with Crippen LogP contribution in [0.1, 0.15) is 34.8 Å². The van der Waals surface area contributed by atoms with Crippen LogP contribution in [0.15, 0.2) is 42.6 Å². The molecule has 0 saturated carbocycles. The summed E-state index contributed by atoms with van der Waals surface area (Å²) >= 11 is 0. The molecule has 2 aliphatic heterocycles. The van der Waals surface area contributed by atoms with Crippen molar-refractivity contribution in [1.82, 2.24) is 15.3 Å². The number of anilines is 2. The Morgan fingerprint density at radius 3 is 2.88 bits per heavy atom. The third kappa shape index (κ3) is 3.80. The lowest BCUT2D eigenvalue weighted by molar-refractivity contribution is 0.0996. The van der Waals surface area contributed by atoms with E-state index in [9.17, 15) is 9.18 Å². The minimum atomic E-state index is -0.445. The Morgan fingerprint density at radius 1 is 1.27 bits per heavy atom. The van der Waals surface area contributed by atoms with Gasteiger partial charge in [-0.25, -0.2) is 9.37 Å². The lowest BCUT2D eigenvalue weighted by atomic mass is 10.0. The monoisotopic (exact) mass is 447 g/mol. The molecule has 0 aliphatic carbocycles. The molecule has 1 aromatic carbocycles. The summed E-state index contributed by atoms with van der Waals surface area (Å²) in [5.41, 5.74) is 2.73. The molecule has 5 rings (SSSR count). The molecule has 1 saturated heterocycles. The van der Waals surface area contributed by atoms with Gasteiger partial charge in [-0.3, -0.25) is 14.7 Å². The van der Waals surface area contributed by atoms with Crippen molar-refractivity contribution >= 4 is 17.5 Å². The number of methoxy groups -OCH3 is 1. The fourth-order valence-corrected chi connectivity index (χ4v) is 4.62. The zero-order valence-corrected chi connectivity index (χ0v) is 18.9. The molecule has 4 heterocycles. The van der Waals surface area contributed by atoms with Crippen LogP contribution in [0.25, 0.3) is 11.3 Å². The van der Waals surface area contributed by atoms with Gasteiger partial charge in [-0.05, 0) is 62.7 Å². The highest BCUT2D eigenvalue weighted by atomic mass is 19.1. The number of hydrogen-bond donors (Lipinski definition) is 2. The van der Waals surface area contributed by atoms with E-state index in [2.05, 4.69) is 22.5 Å². The number of nitrogens with zero attached hydrogens (tertiary/aromatic N) is 3. The van der Waals surface area contributed by atoms with E-state index < -0.39 is 5.82 Å². The van der Waals surface area contributed by atoms with E-state index in [1.807, 2.05) is 19.1 Å². The van der Waals surface area contributed by atoms with Crippen molar-refractivity contribution in [1.29, 1.82) is 0 Å². The molecule has 0 spiro atoms. The van der Waals surface area contributed by atoms with Crippen LogP contribution in [0.5, 0.6) is 5.75 Å². The number of benzene rings is 1. The number of aromatic nitrogens is 2. The summed E-state index contributed by atoms with van der Waals surface area (Å²) in [6.07, 6.45) is 2.53. The largest absolute Gasteiger partial charge is 0.496 e. The maximum atomic E-state index is 14.8. The van der Waals surface area contributed by atoms with Gasteiger partial charge in [-0.1, -0.05) is 6.07 Å². The Bertz CT molecular complexity index is 1240. The van der Waals surface area contributed by atoms with Crippen molar-refractivity contribution in [3.8, 4) is 17.0 Å². The van der Waals surface area contributed by atoms with Gasteiger partial charge in [0, 0.05) is 29.4 Å². The number of rotatable bonds is 5. The number of nitrogens with one attached hydrogen (secondary N) is 2. The second kappa shape index (κ2) is 8.12. The van der Waals surface area contributed by atoms with E-state index in [0.29, 0.717) is 28.4 Å². The summed E-state index contributed by atoms with van der Waals surface area (Å²) in [6.45, 7) is 6.20. The molecule has 1 atom stereocenters. The smallest absolute Gasteiger partial charge is 0.260 e. The first-order valence-electron chi connectivity index (χ1n) is 11.0. The normalized spacial score (nSPS) is 19.6. The number of hydrogen-bond acceptors (Lipinski definition) is 6. The molecule has 1 fully saturated rings. The molecule has 3 aromatic rings. The van der Waals surface area contributed by atoms with Crippen molar-refractivity contribution in [3.05, 3.63) is 65.1 Å². The number of carbonyl (C=O) groups excluding carboxylic acids is 1. The van der Waals surface area contributed by atoms with Gasteiger partial charge in [-0.2, -0.15) is 0 Å². The molecule has 8 heteroatoms. The number of halogens is 1. The third-order valence-corrected chi connectivity index (χ3v) is 6.31. The minimum Gasteiger partial charge on any atom is -0.496 e. The second-order valence-corrected chi connectivity index (χ2v) is 8.89. The van der Waals surface area contributed by atoms with Gasteiger partial charge in [0.2, 0.25) is 0 Å². The maximum absolute atomic E-state index is 14.8. The van der Waals surface area contributed by atoms with Crippen LogP contribution in [0.4, 0.5) is 16.0 Å². The molecule has 0 bridgehead atoms. The second-order valence-electron chi connectivity index (χ2n) is 8.89. The molecule has 1 amide bonds. The molecule has 1 unspecified atom stereocenters. The lowest BCUT2D eigenvalue weighted by Gasteiger charge is -2.26. The summed E-state index contributed by atoms with van der Waals surface area (Å²) < 4.78 is 20.2. The van der Waals surface area contributed by atoms with Crippen molar-refractivity contribution in [3.63, 3.8) is 0 Å². The van der Waals surface area contributed by atoms with E-state index >= 15 is 0 Å². The molecule has 170 valence electrons. The Morgan fingerprint density at radius 2 is 2.12 bits per heavy atom. The van der Waals surface area contributed by atoms with Crippen LogP contribution in [-0.4, -0.2) is 41.6 Å². The molecular formula is C25H26FN5O2. The van der Waals surface area contributed by atoms with E-state index in [1.165, 1.54) is 19.4 Å². The zero-order valence-electron chi connectivity index (χ0n) is 18.9. The first-order valence-corrected chi connectivity index (χ1v) is 11.0. The van der Waals surface area contributed by atoms with Crippen molar-refractivity contribution < 1.29 is 13.9 Å². The quantitative estimate of drug-likeness (QED) is 0.617. The highest BCUT2D eigenvalue weighted by Gasteiger charge is 2.34. The fourth-order valence-electron chi connectivity index (χ4n) is 4.62. The molecule has 33 heavy (non-hydrogen) atoms. The summed E-state index contributed by atoms with van der Waals surface area (Å²) in [5, 5.41) is 6.90. The zero-order chi connectivity index (χ0) is 23.2. The molecule has 2 N–H and O–H groups in total. The number of aryl methyl sites for hydroxylation is 1. The van der Waals surface area contributed by atoms with Gasteiger partial charge in [0.15, 0.2) is 0 Å². The highest BCUT2D eigenvalue weighted by Crippen LogP contribution is 2.38. The van der Waals surface area contributed by atoms with Gasteiger partial charge in [0.1, 0.15) is 23.2 Å². The van der Waals surface area contributed by atoms with Gasteiger partial charge >= 0.3 is 0 Å². The van der Waals surface area contributed by atoms with Gasteiger partial charge in [-0.15, -0.1) is 0 Å². The Hall–Kier alpha value is -3.52. The number of ether oxygens (including phenoxy) is 1. The van der Waals surface area contributed by atoms with Crippen LogP contribution in [0, 0.1) is 12.7 Å². The van der Waals surface area contributed by atoms with Crippen molar-refractivity contribution in [2.75, 3.05) is 30.4 Å². The fraction of sp³-hybridized carbons (Fsp3) is 0.320. The van der Waals surface area contributed by atoms with Crippen LogP contribution < -0.4 is 20.3 Å². The van der Waals surface area contributed by atoms with Crippen LogP contribution in [0.3, 0.4) is 0 Å². The molecular weight excluding hydrogens is 421 g/mol. The van der Waals surface area contributed by atoms with E-state index in [-0.39, 0.29) is 23.6 Å². The average molecular weight is 448 g/mol. The predicted octanol–water partition coefficient (Wildman–Crippen LogP) is 3.92. The number of fused-ring (bicyclic) bond motifs is 1. The standard InChI is InChI=1S/C25H26FN5O2/c1-15-11-20(30-25(2)8-10-27-14-25)29-21(12-15)31-13-17-16(24(31)32)7-9-28-23(17)22-18(26)5-4-6-19(22)33-3/h4-7,9,11-12,27H,8,10,13-14H2,1-3H3,(H,29,30). The van der Waals surface area contributed by atoms with E-state index in [4.69, 9.17) is 9.72 Å². The lowest BCUT2D eigenvalue weighted by Crippen LogP contribution is -2.37. The molecule has 2 aromatic heterocycles. The van der Waals surface area contributed by atoms with Gasteiger partial charge in [0.05, 0.1) is 24.9 Å². The third-order valence-electron chi connectivity index (χ3n) is 6.31. The van der Waals surface area contributed by atoms with E-state index in [0.717, 1.165) is 30.9 Å². The average Bonchev–Trinajstić information content (AvgIpc) is 3.36. The minimum absolute atomic E-state index is 0.0888. The summed E-state index contributed by atoms with van der Waals surface area (Å²) in [4.78, 5) is 24.2. The summed E-state index contributed by atoms with van der Waals surface area (Å²) in [6, 6.07) is 10.2.